The summed E-state index contributed by atoms with van der Waals surface area (Å²) >= 11 is 0. The van der Waals surface area contributed by atoms with E-state index in [0.29, 0.717) is 16.2 Å². The molecular weight excluding hydrogens is 312 g/mol. The molecular formula is C26H46. The van der Waals surface area contributed by atoms with Gasteiger partial charge in [-0.05, 0) is 78.4 Å². The summed E-state index contributed by atoms with van der Waals surface area (Å²) in [4.78, 5) is 0. The van der Waals surface area contributed by atoms with Crippen LogP contribution < -0.4 is 0 Å². The molecule has 0 heterocycles. The van der Waals surface area contributed by atoms with Crippen molar-refractivity contribution in [1.29, 1.82) is 0 Å². The monoisotopic (exact) mass is 358 g/mol. The highest BCUT2D eigenvalue weighted by molar-refractivity contribution is 5.32. The Labute approximate surface area is 164 Å². The van der Waals surface area contributed by atoms with Crippen molar-refractivity contribution in [1.82, 2.24) is 0 Å². The third-order valence-electron chi connectivity index (χ3n) is 9.90. The average Bonchev–Trinajstić information content (AvgIpc) is 3.09. The third kappa shape index (κ3) is 2.76. The number of fused-ring (bicyclic) bond motifs is 1. The summed E-state index contributed by atoms with van der Waals surface area (Å²) in [5, 5.41) is 0. The fraction of sp³-hybridized carbons (Fsp3) is 0.923. The molecule has 0 amide bonds. The molecule has 0 N–H and O–H groups in total. The van der Waals surface area contributed by atoms with E-state index >= 15 is 0 Å². The fourth-order valence-electron chi connectivity index (χ4n) is 8.18. The molecule has 7 atom stereocenters. The zero-order chi connectivity index (χ0) is 19.2. The van der Waals surface area contributed by atoms with Gasteiger partial charge < -0.3 is 0 Å². The highest BCUT2D eigenvalue weighted by Crippen LogP contribution is 2.81. The van der Waals surface area contributed by atoms with Gasteiger partial charge in [-0.15, -0.1) is 0 Å². The predicted octanol–water partition coefficient (Wildman–Crippen LogP) is 8.42. The van der Waals surface area contributed by atoms with E-state index in [4.69, 9.17) is 0 Å². The van der Waals surface area contributed by atoms with Crippen LogP contribution in [-0.4, -0.2) is 0 Å². The van der Waals surface area contributed by atoms with Crippen molar-refractivity contribution in [3.05, 3.63) is 11.6 Å². The highest BCUT2D eigenvalue weighted by atomic mass is 14.8. The van der Waals surface area contributed by atoms with Crippen LogP contribution in [0.25, 0.3) is 0 Å². The summed E-state index contributed by atoms with van der Waals surface area (Å²) in [6.07, 6.45) is 16.8. The maximum Gasteiger partial charge on any atom is -0.0110 e. The van der Waals surface area contributed by atoms with Crippen LogP contribution in [0.3, 0.4) is 0 Å². The van der Waals surface area contributed by atoms with E-state index in [1.807, 2.05) is 5.57 Å². The smallest absolute Gasteiger partial charge is 0.0110 e. The summed E-state index contributed by atoms with van der Waals surface area (Å²) in [7, 11) is 0. The van der Waals surface area contributed by atoms with Crippen LogP contribution in [0.1, 0.15) is 113 Å². The molecule has 0 bridgehead atoms. The Bertz CT molecular complexity index is 530. The average molecular weight is 359 g/mol. The first-order valence-electron chi connectivity index (χ1n) is 12.0. The molecule has 3 rings (SSSR count). The molecule has 0 aromatic rings. The normalized spacial score (nSPS) is 46.0. The van der Waals surface area contributed by atoms with Crippen molar-refractivity contribution in [2.45, 2.75) is 113 Å². The molecule has 0 spiro atoms. The molecule has 0 aromatic heterocycles. The molecule has 3 aliphatic carbocycles. The SMILES string of the molecule is CCCC(CC)CC1C(C2=CCC(C)C2)[C@]2(C)CC[C@](C)(CCC)C12C. The van der Waals surface area contributed by atoms with E-state index in [1.54, 1.807) is 0 Å². The van der Waals surface area contributed by atoms with Crippen LogP contribution in [0.4, 0.5) is 0 Å². The lowest BCUT2D eigenvalue weighted by Crippen LogP contribution is -2.65. The lowest BCUT2D eigenvalue weighted by molar-refractivity contribution is -0.209. The topological polar surface area (TPSA) is 0 Å². The Hall–Kier alpha value is -0.260. The molecule has 3 aliphatic rings. The van der Waals surface area contributed by atoms with E-state index in [9.17, 15) is 0 Å². The van der Waals surface area contributed by atoms with E-state index in [1.165, 1.54) is 64.2 Å². The van der Waals surface area contributed by atoms with E-state index in [2.05, 4.69) is 54.5 Å². The van der Waals surface area contributed by atoms with Gasteiger partial charge in [-0.3, -0.25) is 0 Å². The first kappa shape index (κ1) is 20.5. The summed E-state index contributed by atoms with van der Waals surface area (Å²) in [6, 6.07) is 0. The van der Waals surface area contributed by atoms with Gasteiger partial charge in [-0.25, -0.2) is 0 Å². The van der Waals surface area contributed by atoms with Crippen LogP contribution in [0, 0.1) is 39.9 Å². The Balaban J connectivity index is 1.94. The summed E-state index contributed by atoms with van der Waals surface area (Å²) in [6.45, 7) is 17.8. The second kappa shape index (κ2) is 7.29. The van der Waals surface area contributed by atoms with Gasteiger partial charge in [0.25, 0.3) is 0 Å². The highest BCUT2D eigenvalue weighted by Gasteiger charge is 2.75. The minimum absolute atomic E-state index is 0.550. The van der Waals surface area contributed by atoms with Gasteiger partial charge in [0.2, 0.25) is 0 Å². The zero-order valence-electron chi connectivity index (χ0n) is 19.0. The summed E-state index contributed by atoms with van der Waals surface area (Å²) in [5.74, 6) is 3.66. The molecule has 26 heavy (non-hydrogen) atoms. The first-order chi connectivity index (χ1) is 12.3. The molecule has 0 nitrogen and oxygen atoms in total. The lowest BCUT2D eigenvalue weighted by atomic mass is 9.33. The van der Waals surface area contributed by atoms with Gasteiger partial charge in [-0.1, -0.05) is 85.8 Å². The fourth-order valence-corrected chi connectivity index (χ4v) is 8.18. The number of allylic oxidation sites excluding steroid dienone is 2. The van der Waals surface area contributed by atoms with Gasteiger partial charge in [-0.2, -0.15) is 0 Å². The molecule has 5 unspecified atom stereocenters. The van der Waals surface area contributed by atoms with Gasteiger partial charge in [0, 0.05) is 0 Å². The molecule has 0 aromatic carbocycles. The zero-order valence-corrected chi connectivity index (χ0v) is 19.0. The van der Waals surface area contributed by atoms with Gasteiger partial charge >= 0.3 is 0 Å². The molecule has 0 aliphatic heterocycles. The molecule has 0 radical (unpaired) electrons. The van der Waals surface area contributed by atoms with Crippen molar-refractivity contribution in [3.63, 3.8) is 0 Å². The van der Waals surface area contributed by atoms with E-state index in [0.717, 1.165) is 23.7 Å². The minimum atomic E-state index is 0.550. The van der Waals surface area contributed by atoms with E-state index < -0.39 is 0 Å². The van der Waals surface area contributed by atoms with Crippen molar-refractivity contribution < 1.29 is 0 Å². The van der Waals surface area contributed by atoms with Crippen LogP contribution in [0.15, 0.2) is 11.6 Å². The second-order valence-corrected chi connectivity index (χ2v) is 11.1. The Morgan fingerprint density at radius 2 is 1.81 bits per heavy atom. The quantitative estimate of drug-likeness (QED) is 0.382. The summed E-state index contributed by atoms with van der Waals surface area (Å²) in [5.41, 5.74) is 3.54. The van der Waals surface area contributed by atoms with Crippen molar-refractivity contribution >= 4 is 0 Å². The van der Waals surface area contributed by atoms with Crippen LogP contribution in [-0.2, 0) is 0 Å². The van der Waals surface area contributed by atoms with Crippen molar-refractivity contribution in [3.8, 4) is 0 Å². The van der Waals surface area contributed by atoms with Crippen LogP contribution in [0.2, 0.25) is 0 Å². The van der Waals surface area contributed by atoms with Crippen molar-refractivity contribution in [2.75, 3.05) is 0 Å². The number of hydrogen-bond acceptors (Lipinski definition) is 0. The maximum atomic E-state index is 2.73. The number of hydrogen-bond donors (Lipinski definition) is 0. The predicted molar refractivity (Wildman–Crippen MR) is 115 cm³/mol. The third-order valence-corrected chi connectivity index (χ3v) is 9.90. The second-order valence-electron chi connectivity index (χ2n) is 11.1. The number of rotatable bonds is 8. The van der Waals surface area contributed by atoms with E-state index in [-0.39, 0.29) is 0 Å². The van der Waals surface area contributed by atoms with Crippen LogP contribution >= 0.6 is 0 Å². The Morgan fingerprint density at radius 3 is 2.35 bits per heavy atom. The molecule has 2 saturated carbocycles. The first-order valence-corrected chi connectivity index (χ1v) is 12.0. The lowest BCUT2D eigenvalue weighted by Gasteiger charge is -2.70. The maximum absolute atomic E-state index is 2.73. The molecule has 150 valence electrons. The minimum Gasteiger partial charge on any atom is -0.0847 e. The standard InChI is InChI=1S/C26H46/c1-8-11-20(10-3)18-22-23(21-13-12-19(4)17-21)25(6)16-15-24(5,14-9-2)26(22,25)7/h13,19-20,22-23H,8-12,14-18H2,1-7H3/t19?,20?,22?,23?,24-,25-,26?/m0/s1. The molecule has 0 saturated heterocycles. The van der Waals surface area contributed by atoms with Crippen LogP contribution in [0.5, 0.6) is 0 Å². The molecule has 0 heteroatoms. The van der Waals surface area contributed by atoms with Gasteiger partial charge in [0.1, 0.15) is 0 Å². The summed E-state index contributed by atoms with van der Waals surface area (Å²) < 4.78 is 0. The Morgan fingerprint density at radius 1 is 1.08 bits per heavy atom. The Kier molecular flexibility index (Phi) is 5.74. The molecule has 2 fully saturated rings. The largest absolute Gasteiger partial charge is 0.0847 e. The van der Waals surface area contributed by atoms with Crippen molar-refractivity contribution in [2.24, 2.45) is 39.9 Å². The van der Waals surface area contributed by atoms with Gasteiger partial charge in [0.05, 0.1) is 0 Å². The van der Waals surface area contributed by atoms with Gasteiger partial charge in [0.15, 0.2) is 0 Å².